The van der Waals surface area contributed by atoms with E-state index < -0.39 is 66.4 Å². The average Bonchev–Trinajstić information content (AvgIpc) is 3.99. The highest BCUT2D eigenvalue weighted by molar-refractivity contribution is 5.90. The van der Waals surface area contributed by atoms with E-state index in [-0.39, 0.29) is 43.5 Å². The molecule has 3 heterocycles. The fourth-order valence-corrected chi connectivity index (χ4v) is 8.54. The number of nitrogens with one attached hydrogen (secondary N) is 3. The number of aromatic amines is 1. The molecule has 4 aromatic carbocycles. The van der Waals surface area contributed by atoms with Crippen LogP contribution in [0, 0.1) is 0 Å². The van der Waals surface area contributed by atoms with E-state index in [2.05, 4.69) is 54.9 Å². The smallest absolute Gasteiger partial charge is 0.306 e. The number of aromatic nitrogens is 4. The number of carbonyl (C=O) groups is 3. The van der Waals surface area contributed by atoms with Gasteiger partial charge in [0.15, 0.2) is 30.1 Å². The van der Waals surface area contributed by atoms with Crippen molar-refractivity contribution in [1.29, 1.82) is 0 Å². The highest BCUT2D eigenvalue weighted by Gasteiger charge is 2.51. The number of amides is 1. The summed E-state index contributed by atoms with van der Waals surface area (Å²) in [6.45, 7) is 14.1. The highest BCUT2D eigenvalue weighted by atomic mass is 16.6. The predicted molar refractivity (Wildman–Crippen MR) is 273 cm³/mol. The van der Waals surface area contributed by atoms with Gasteiger partial charge in [-0.25, -0.2) is 4.98 Å². The zero-order valence-electron chi connectivity index (χ0n) is 43.3. The molecule has 1 amide bonds. The number of methoxy groups -OCH3 is 3. The molecule has 1 saturated heterocycles. The van der Waals surface area contributed by atoms with Crippen LogP contribution >= 0.6 is 0 Å². The number of esters is 1. The molecule has 2 aromatic heterocycles. The SMILES string of the molecule is CC[NH+](CC)CC.COCCOC1[C@@H](OC(=O)CCC(=O)[O-])[C@@H](COC(c2ccccc2)(c2ccc(OC)cc2)c2ccc(OC)cc2)O[C@H]1n1cnc2c(=O)[nH]c(NC(=O)COc3ccc(C(C)C)cc3)nc21. The average molecular weight is 1020 g/mol. The lowest BCUT2D eigenvalue weighted by Gasteiger charge is -2.37. The third-order valence-corrected chi connectivity index (χ3v) is 12.7. The van der Waals surface area contributed by atoms with E-state index in [0.717, 1.165) is 11.1 Å². The van der Waals surface area contributed by atoms with Crippen molar-refractivity contribution in [3.63, 3.8) is 0 Å². The first kappa shape index (κ1) is 56.1. The Kier molecular flexibility index (Phi) is 20.7. The molecule has 0 saturated carbocycles. The van der Waals surface area contributed by atoms with E-state index in [1.54, 1.807) is 31.3 Å². The molecule has 0 radical (unpaired) electrons. The summed E-state index contributed by atoms with van der Waals surface area (Å²) < 4.78 is 49.8. The quantitative estimate of drug-likeness (QED) is 0.0405. The van der Waals surface area contributed by atoms with Gasteiger partial charge in [-0.1, -0.05) is 80.6 Å². The summed E-state index contributed by atoms with van der Waals surface area (Å²) >= 11 is 0. The number of nitrogens with zero attached hydrogens (tertiary/aromatic N) is 3. The number of benzene rings is 4. The predicted octanol–water partition coefficient (Wildman–Crippen LogP) is 4.59. The Bertz CT molecular complexity index is 2710. The number of carboxylic acid groups (broad SMARTS) is 1. The Morgan fingerprint density at radius 2 is 1.39 bits per heavy atom. The molecule has 1 aliphatic rings. The van der Waals surface area contributed by atoms with E-state index in [4.69, 9.17) is 37.9 Å². The van der Waals surface area contributed by atoms with Gasteiger partial charge in [0.05, 0.1) is 66.4 Å². The molecule has 19 nitrogen and oxygen atoms in total. The maximum atomic E-state index is 13.5. The molecule has 396 valence electrons. The standard InChI is InChI=1S/C49H53N5O13.C6H15N/c1-30(2)31-11-17-37(18-12-31)64-28-39(55)51-48-52-45-42(46(59)53-48)50-29-54(45)47-44(63-26-25-60-3)43(67-41(58)24-23-40(56)57)38(66-47)27-65-49(32-9-7-6-8-10-32,33-13-19-35(61-4)20-14-33)34-15-21-36(62-5)22-16-34;1-4-7(5-2)6-3/h6-22,29-30,38,43-44,47H,23-28H2,1-5H3,(H,56,57)(H2,51,52,53,55,59);4-6H2,1-3H3/t38-,43+,44?,47-;/m1./s1. The van der Waals surface area contributed by atoms with Gasteiger partial charge in [0, 0.05) is 13.1 Å². The number of anilines is 1. The summed E-state index contributed by atoms with van der Waals surface area (Å²) in [6.07, 6.45) is -4.49. The Balaban J connectivity index is 0.00000119. The Hall–Kier alpha value is -7.16. The summed E-state index contributed by atoms with van der Waals surface area (Å²) in [5, 5.41) is 14.0. The molecule has 7 rings (SSSR count). The van der Waals surface area contributed by atoms with Gasteiger partial charge in [-0.05, 0) is 91.8 Å². The second-order valence-electron chi connectivity index (χ2n) is 17.6. The number of imidazole rings is 1. The van der Waals surface area contributed by atoms with E-state index in [1.807, 2.05) is 91.0 Å². The third kappa shape index (κ3) is 14.1. The molecular weight excluding hydrogens is 953 g/mol. The van der Waals surface area contributed by atoms with Crippen molar-refractivity contribution >= 4 is 35.0 Å². The van der Waals surface area contributed by atoms with Gasteiger partial charge in [-0.3, -0.25) is 29.3 Å². The largest absolute Gasteiger partial charge is 0.550 e. The summed E-state index contributed by atoms with van der Waals surface area (Å²) in [6, 6.07) is 31.7. The van der Waals surface area contributed by atoms with E-state index in [9.17, 15) is 24.3 Å². The fraction of sp³-hybridized carbons (Fsp3) is 0.418. The van der Waals surface area contributed by atoms with Crippen molar-refractivity contribution in [2.75, 3.05) is 72.7 Å². The number of quaternary nitrogens is 1. The minimum absolute atomic E-state index is 0.00447. The Morgan fingerprint density at radius 1 is 0.797 bits per heavy atom. The molecule has 1 fully saturated rings. The topological polar surface area (TPSA) is 228 Å². The first-order valence-corrected chi connectivity index (χ1v) is 24.8. The summed E-state index contributed by atoms with van der Waals surface area (Å²) in [5.41, 5.74) is 1.17. The molecule has 74 heavy (non-hydrogen) atoms. The van der Waals surface area contributed by atoms with Crippen molar-refractivity contribution in [3.8, 4) is 17.2 Å². The van der Waals surface area contributed by atoms with Gasteiger partial charge in [0.2, 0.25) is 5.95 Å². The first-order chi connectivity index (χ1) is 35.8. The number of H-pyrrole nitrogens is 1. The van der Waals surface area contributed by atoms with E-state index in [1.165, 1.54) is 37.6 Å². The van der Waals surface area contributed by atoms with Gasteiger partial charge in [0.1, 0.15) is 35.1 Å². The molecule has 4 atom stereocenters. The molecule has 1 aliphatic heterocycles. The monoisotopic (exact) mass is 1020 g/mol. The van der Waals surface area contributed by atoms with E-state index >= 15 is 0 Å². The lowest BCUT2D eigenvalue weighted by molar-refractivity contribution is -0.894. The van der Waals surface area contributed by atoms with Crippen LogP contribution in [-0.2, 0) is 43.7 Å². The van der Waals surface area contributed by atoms with Gasteiger partial charge < -0.3 is 52.7 Å². The number of hydrogen-bond acceptors (Lipinski definition) is 15. The van der Waals surface area contributed by atoms with Crippen molar-refractivity contribution < 1.29 is 62.3 Å². The molecule has 0 spiro atoms. The van der Waals surface area contributed by atoms with Crippen molar-refractivity contribution in [3.05, 3.63) is 142 Å². The van der Waals surface area contributed by atoms with Crippen LogP contribution < -0.4 is 35.1 Å². The van der Waals surface area contributed by atoms with Crippen molar-refractivity contribution in [2.45, 2.75) is 83.5 Å². The van der Waals surface area contributed by atoms with Crippen LogP contribution in [-0.4, -0.2) is 123 Å². The number of carbonyl (C=O) groups excluding carboxylic acids is 3. The fourth-order valence-electron chi connectivity index (χ4n) is 8.54. The van der Waals surface area contributed by atoms with Crippen LogP contribution in [0.5, 0.6) is 17.2 Å². The van der Waals surface area contributed by atoms with Crippen LogP contribution in [0.4, 0.5) is 5.95 Å². The zero-order valence-corrected chi connectivity index (χ0v) is 43.3. The van der Waals surface area contributed by atoms with Crippen LogP contribution in [0.1, 0.15) is 81.9 Å². The van der Waals surface area contributed by atoms with Gasteiger partial charge in [0.25, 0.3) is 11.5 Å². The number of rotatable bonds is 25. The Labute approximate surface area is 431 Å². The normalized spacial score (nSPS) is 16.4. The number of fused-ring (bicyclic) bond motifs is 1. The first-order valence-electron chi connectivity index (χ1n) is 24.8. The van der Waals surface area contributed by atoms with Crippen molar-refractivity contribution in [1.82, 2.24) is 19.5 Å². The second-order valence-corrected chi connectivity index (χ2v) is 17.6. The van der Waals surface area contributed by atoms with E-state index in [0.29, 0.717) is 34.3 Å². The summed E-state index contributed by atoms with van der Waals surface area (Å²) in [7, 11) is 4.63. The molecule has 0 bridgehead atoms. The minimum Gasteiger partial charge on any atom is -0.550 e. The van der Waals surface area contributed by atoms with Gasteiger partial charge in [-0.15, -0.1) is 0 Å². The lowest BCUT2D eigenvalue weighted by atomic mass is 9.80. The number of hydrogen-bond donors (Lipinski definition) is 3. The summed E-state index contributed by atoms with van der Waals surface area (Å²) in [4.78, 5) is 64.6. The maximum Gasteiger partial charge on any atom is 0.306 e. The minimum atomic E-state index is -1.44. The number of carboxylic acids is 1. The molecular formula is C55H68N6O13. The number of aliphatic carboxylic acids is 1. The Morgan fingerprint density at radius 3 is 1.93 bits per heavy atom. The van der Waals surface area contributed by atoms with Crippen molar-refractivity contribution in [2.24, 2.45) is 0 Å². The maximum absolute atomic E-state index is 13.5. The number of ether oxygens (including phenoxy) is 8. The molecule has 1 unspecified atom stereocenters. The summed E-state index contributed by atoms with van der Waals surface area (Å²) in [5.74, 6) is -1.07. The highest BCUT2D eigenvalue weighted by Crippen LogP contribution is 2.44. The van der Waals surface area contributed by atoms with Crippen LogP contribution in [0.2, 0.25) is 0 Å². The van der Waals surface area contributed by atoms with Crippen LogP contribution in [0.15, 0.2) is 114 Å². The van der Waals surface area contributed by atoms with Crippen LogP contribution in [0.25, 0.3) is 11.2 Å². The molecule has 19 heteroatoms. The molecule has 6 aromatic rings. The van der Waals surface area contributed by atoms with Gasteiger partial charge in [-0.2, -0.15) is 4.98 Å². The third-order valence-electron chi connectivity index (χ3n) is 12.7. The molecule has 3 N–H and O–H groups in total. The van der Waals surface area contributed by atoms with Gasteiger partial charge >= 0.3 is 5.97 Å². The molecule has 0 aliphatic carbocycles. The zero-order chi connectivity index (χ0) is 53.2. The van der Waals surface area contributed by atoms with Crippen LogP contribution in [0.3, 0.4) is 0 Å². The second kappa shape index (κ2) is 27.2. The lowest BCUT2D eigenvalue weighted by Crippen LogP contribution is -3.11.